The number of aromatic nitrogens is 1. The van der Waals surface area contributed by atoms with Gasteiger partial charge in [-0.15, -0.1) is 0 Å². The van der Waals surface area contributed by atoms with Gasteiger partial charge in [0.15, 0.2) is 0 Å². The number of hydrogen-bond acceptors (Lipinski definition) is 2. The normalized spacial score (nSPS) is 18.3. The fourth-order valence-corrected chi connectivity index (χ4v) is 3.48. The third-order valence-electron chi connectivity index (χ3n) is 4.90. The van der Waals surface area contributed by atoms with E-state index in [1.54, 1.807) is 13.2 Å². The number of likely N-dealkylation sites (tertiary alicyclic amines) is 1. The maximum atomic E-state index is 12.9. The first-order chi connectivity index (χ1) is 12.2. The van der Waals surface area contributed by atoms with E-state index < -0.39 is 0 Å². The SMILES string of the molecule is COc1ccc(/C=C/C(=O)N2CCCCC[C@@H]2c2cccn2C)cc1. The number of ether oxygens (including phenoxy) is 1. The summed E-state index contributed by atoms with van der Waals surface area (Å²) in [6.07, 6.45) is 10.1. The second kappa shape index (κ2) is 8.06. The molecule has 1 atom stereocenters. The van der Waals surface area contributed by atoms with Crippen LogP contribution in [0.2, 0.25) is 0 Å². The molecule has 0 saturated carbocycles. The van der Waals surface area contributed by atoms with E-state index in [-0.39, 0.29) is 11.9 Å². The Bertz CT molecular complexity index is 731. The lowest BCUT2D eigenvalue weighted by Gasteiger charge is -2.29. The van der Waals surface area contributed by atoms with Crippen LogP contribution in [0.15, 0.2) is 48.7 Å². The Kier molecular flexibility index (Phi) is 5.59. The zero-order valence-electron chi connectivity index (χ0n) is 15.0. The van der Waals surface area contributed by atoms with Crippen LogP contribution in [0.3, 0.4) is 0 Å². The van der Waals surface area contributed by atoms with E-state index in [0.29, 0.717) is 0 Å². The van der Waals surface area contributed by atoms with Crippen LogP contribution in [0.4, 0.5) is 0 Å². The molecule has 132 valence electrons. The highest BCUT2D eigenvalue weighted by Gasteiger charge is 2.26. The Balaban J connectivity index is 1.77. The fourth-order valence-electron chi connectivity index (χ4n) is 3.48. The second-order valence-electron chi connectivity index (χ2n) is 6.55. The standard InChI is InChI=1S/C21H26N2O2/c1-22-15-6-8-19(22)20-7-4-3-5-16-23(20)21(24)14-11-17-9-12-18(25-2)13-10-17/h6,8-15,20H,3-5,7,16H2,1-2H3/b14-11+/t20-/m1/s1. The van der Waals surface area contributed by atoms with E-state index in [4.69, 9.17) is 4.74 Å². The number of nitrogens with zero attached hydrogens (tertiary/aromatic N) is 2. The first-order valence-corrected chi connectivity index (χ1v) is 8.93. The third-order valence-corrected chi connectivity index (χ3v) is 4.90. The molecule has 3 rings (SSSR count). The van der Waals surface area contributed by atoms with Gasteiger partial charge in [0.25, 0.3) is 0 Å². The summed E-state index contributed by atoms with van der Waals surface area (Å²) in [5, 5.41) is 0. The zero-order valence-corrected chi connectivity index (χ0v) is 15.0. The van der Waals surface area contributed by atoms with Gasteiger partial charge in [-0.3, -0.25) is 4.79 Å². The number of rotatable bonds is 4. The Morgan fingerprint density at radius 2 is 1.96 bits per heavy atom. The molecule has 1 aromatic carbocycles. The molecule has 0 radical (unpaired) electrons. The molecule has 1 amide bonds. The lowest BCUT2D eigenvalue weighted by atomic mass is 10.1. The molecule has 1 aliphatic rings. The van der Waals surface area contributed by atoms with Crippen molar-refractivity contribution in [1.29, 1.82) is 0 Å². The van der Waals surface area contributed by atoms with Crippen LogP contribution >= 0.6 is 0 Å². The van der Waals surface area contributed by atoms with Crippen molar-refractivity contribution in [1.82, 2.24) is 9.47 Å². The molecule has 2 heterocycles. The van der Waals surface area contributed by atoms with Crippen molar-refractivity contribution in [2.75, 3.05) is 13.7 Å². The van der Waals surface area contributed by atoms with Gasteiger partial charge in [-0.05, 0) is 48.7 Å². The van der Waals surface area contributed by atoms with Gasteiger partial charge >= 0.3 is 0 Å². The van der Waals surface area contributed by atoms with E-state index >= 15 is 0 Å². The van der Waals surface area contributed by atoms with Crippen LogP contribution in [0.1, 0.15) is 43.0 Å². The van der Waals surface area contributed by atoms with Gasteiger partial charge < -0.3 is 14.2 Å². The number of carbonyl (C=O) groups is 1. The van der Waals surface area contributed by atoms with Crippen molar-refractivity contribution < 1.29 is 9.53 Å². The maximum Gasteiger partial charge on any atom is 0.247 e. The van der Waals surface area contributed by atoms with Crippen molar-refractivity contribution in [2.45, 2.75) is 31.7 Å². The predicted molar refractivity (Wildman–Crippen MR) is 100 cm³/mol. The number of aryl methyl sites for hydroxylation is 1. The molecular formula is C21H26N2O2. The van der Waals surface area contributed by atoms with Crippen LogP contribution in [-0.4, -0.2) is 29.0 Å². The zero-order chi connectivity index (χ0) is 17.6. The molecule has 0 bridgehead atoms. The summed E-state index contributed by atoms with van der Waals surface area (Å²) in [5.74, 6) is 0.906. The average molecular weight is 338 g/mol. The number of carbonyl (C=O) groups excluding carboxylic acids is 1. The first-order valence-electron chi connectivity index (χ1n) is 8.93. The fraction of sp³-hybridized carbons (Fsp3) is 0.381. The molecule has 4 heteroatoms. The summed E-state index contributed by atoms with van der Waals surface area (Å²) in [6, 6.07) is 12.1. The van der Waals surface area contributed by atoms with Crippen molar-refractivity contribution in [2.24, 2.45) is 7.05 Å². The van der Waals surface area contributed by atoms with Gasteiger partial charge in [0.2, 0.25) is 5.91 Å². The van der Waals surface area contributed by atoms with Gasteiger partial charge in [-0.2, -0.15) is 0 Å². The summed E-state index contributed by atoms with van der Waals surface area (Å²) in [5.41, 5.74) is 2.22. The minimum atomic E-state index is 0.0870. The van der Waals surface area contributed by atoms with Crippen LogP contribution in [-0.2, 0) is 11.8 Å². The van der Waals surface area contributed by atoms with Crippen molar-refractivity contribution in [3.05, 3.63) is 59.9 Å². The Morgan fingerprint density at radius 1 is 1.16 bits per heavy atom. The van der Waals surface area contributed by atoms with E-state index in [1.807, 2.05) is 35.2 Å². The molecule has 1 aliphatic heterocycles. The summed E-state index contributed by atoms with van der Waals surface area (Å²) in [7, 11) is 3.70. The minimum Gasteiger partial charge on any atom is -0.497 e. The van der Waals surface area contributed by atoms with Crippen LogP contribution < -0.4 is 4.74 Å². The maximum absolute atomic E-state index is 12.9. The van der Waals surface area contributed by atoms with Gasteiger partial charge in [0.1, 0.15) is 5.75 Å². The highest BCUT2D eigenvalue weighted by atomic mass is 16.5. The molecule has 0 spiro atoms. The van der Waals surface area contributed by atoms with Gasteiger partial charge in [-0.1, -0.05) is 25.0 Å². The summed E-state index contributed by atoms with van der Waals surface area (Å²) < 4.78 is 7.30. The van der Waals surface area contributed by atoms with Crippen molar-refractivity contribution in [3.63, 3.8) is 0 Å². The Labute approximate surface area is 149 Å². The number of methoxy groups -OCH3 is 1. The Hall–Kier alpha value is -2.49. The van der Waals surface area contributed by atoms with Gasteiger partial charge in [0.05, 0.1) is 13.2 Å². The molecule has 0 N–H and O–H groups in total. The molecular weight excluding hydrogens is 312 g/mol. The monoisotopic (exact) mass is 338 g/mol. The number of amides is 1. The minimum absolute atomic E-state index is 0.0870. The molecule has 0 unspecified atom stereocenters. The molecule has 25 heavy (non-hydrogen) atoms. The lowest BCUT2D eigenvalue weighted by Crippen LogP contribution is -2.34. The number of hydrogen-bond donors (Lipinski definition) is 0. The summed E-state index contributed by atoms with van der Waals surface area (Å²) in [6.45, 7) is 0.821. The predicted octanol–water partition coefficient (Wildman–Crippen LogP) is 4.19. The van der Waals surface area contributed by atoms with E-state index in [2.05, 4.69) is 29.9 Å². The molecule has 1 fully saturated rings. The van der Waals surface area contributed by atoms with Crippen molar-refractivity contribution in [3.8, 4) is 5.75 Å². The average Bonchev–Trinajstić information content (AvgIpc) is 2.92. The second-order valence-corrected chi connectivity index (χ2v) is 6.55. The molecule has 2 aromatic rings. The quantitative estimate of drug-likeness (QED) is 0.784. The van der Waals surface area contributed by atoms with Crippen LogP contribution in [0, 0.1) is 0 Å². The molecule has 1 saturated heterocycles. The topological polar surface area (TPSA) is 34.5 Å². The largest absolute Gasteiger partial charge is 0.497 e. The molecule has 4 nitrogen and oxygen atoms in total. The summed E-state index contributed by atoms with van der Waals surface area (Å²) in [4.78, 5) is 14.9. The number of benzene rings is 1. The third kappa shape index (κ3) is 4.13. The first kappa shape index (κ1) is 17.3. The highest BCUT2D eigenvalue weighted by molar-refractivity contribution is 5.92. The smallest absolute Gasteiger partial charge is 0.247 e. The molecule has 0 aliphatic carbocycles. The van der Waals surface area contributed by atoms with Crippen LogP contribution in [0.5, 0.6) is 5.75 Å². The highest BCUT2D eigenvalue weighted by Crippen LogP contribution is 2.30. The van der Waals surface area contributed by atoms with E-state index in [0.717, 1.165) is 30.7 Å². The summed E-state index contributed by atoms with van der Waals surface area (Å²) >= 11 is 0. The van der Waals surface area contributed by atoms with Gasteiger partial charge in [0, 0.05) is 31.6 Å². The van der Waals surface area contributed by atoms with Gasteiger partial charge in [-0.25, -0.2) is 0 Å². The Morgan fingerprint density at radius 3 is 2.64 bits per heavy atom. The van der Waals surface area contributed by atoms with Crippen LogP contribution in [0.25, 0.3) is 6.08 Å². The van der Waals surface area contributed by atoms with E-state index in [9.17, 15) is 4.79 Å². The van der Waals surface area contributed by atoms with E-state index in [1.165, 1.54) is 18.5 Å². The lowest BCUT2D eigenvalue weighted by molar-refractivity contribution is -0.128. The van der Waals surface area contributed by atoms with Crippen molar-refractivity contribution >= 4 is 12.0 Å². The molecule has 1 aromatic heterocycles.